The van der Waals surface area contributed by atoms with Crippen molar-refractivity contribution in [2.75, 3.05) is 0 Å². The third-order valence-electron chi connectivity index (χ3n) is 10.2. The van der Waals surface area contributed by atoms with Crippen LogP contribution in [-0.2, 0) is 0 Å². The summed E-state index contributed by atoms with van der Waals surface area (Å²) >= 11 is 0. The van der Waals surface area contributed by atoms with E-state index in [2.05, 4.69) is 164 Å². The molecule has 4 heteroatoms. The standard InChI is InChI=1S/C51H37N3Si/c1-7-20-38(21-8-1)42-34-43(36-44(35-42)51-53-49(39-22-9-2-10-23-39)52-50(54-51)40-24-11-3-12-25-40)41-26-19-33-48(37-41)55(45-27-13-4-14-28-45,46-29-15-5-16-30-46)47-31-17-6-18-32-47/h1-37H. The van der Waals surface area contributed by atoms with Crippen molar-refractivity contribution in [3.05, 3.63) is 224 Å². The van der Waals surface area contributed by atoms with Gasteiger partial charge in [-0.05, 0) is 61.2 Å². The van der Waals surface area contributed by atoms with Gasteiger partial charge in [0.2, 0.25) is 0 Å². The number of benzene rings is 8. The summed E-state index contributed by atoms with van der Waals surface area (Å²) in [4.78, 5) is 15.2. The highest BCUT2D eigenvalue weighted by Gasteiger charge is 2.41. The molecule has 1 aromatic heterocycles. The summed E-state index contributed by atoms with van der Waals surface area (Å²) in [7, 11) is -2.74. The molecule has 3 nitrogen and oxygen atoms in total. The summed E-state index contributed by atoms with van der Waals surface area (Å²) in [6.07, 6.45) is 0. The Morgan fingerprint density at radius 2 is 0.527 bits per heavy atom. The van der Waals surface area contributed by atoms with Crippen molar-refractivity contribution in [1.82, 2.24) is 15.0 Å². The topological polar surface area (TPSA) is 38.7 Å². The van der Waals surface area contributed by atoms with Crippen molar-refractivity contribution < 1.29 is 0 Å². The fraction of sp³-hybridized carbons (Fsp3) is 0. The molecule has 9 aromatic rings. The first-order chi connectivity index (χ1) is 27.3. The first-order valence-electron chi connectivity index (χ1n) is 18.6. The predicted molar refractivity (Wildman–Crippen MR) is 231 cm³/mol. The number of hydrogen-bond donors (Lipinski definition) is 0. The minimum Gasteiger partial charge on any atom is -0.208 e. The summed E-state index contributed by atoms with van der Waals surface area (Å²) in [5.74, 6) is 1.91. The Kier molecular flexibility index (Phi) is 9.31. The van der Waals surface area contributed by atoms with Gasteiger partial charge in [-0.15, -0.1) is 0 Å². The van der Waals surface area contributed by atoms with E-state index in [-0.39, 0.29) is 0 Å². The molecular weight excluding hydrogens is 683 g/mol. The summed E-state index contributed by atoms with van der Waals surface area (Å²) in [5.41, 5.74) is 7.27. The third kappa shape index (κ3) is 6.72. The molecule has 0 radical (unpaired) electrons. The maximum absolute atomic E-state index is 5.13. The van der Waals surface area contributed by atoms with Crippen LogP contribution in [-0.4, -0.2) is 23.0 Å². The van der Waals surface area contributed by atoms with Crippen LogP contribution in [0.5, 0.6) is 0 Å². The zero-order valence-corrected chi connectivity index (χ0v) is 31.2. The van der Waals surface area contributed by atoms with Crippen molar-refractivity contribution in [2.45, 2.75) is 0 Å². The van der Waals surface area contributed by atoms with E-state index in [1.165, 1.54) is 20.7 Å². The Hall–Kier alpha value is -7.01. The molecule has 0 aliphatic carbocycles. The summed E-state index contributed by atoms with van der Waals surface area (Å²) < 4.78 is 0. The molecule has 0 amide bonds. The van der Waals surface area contributed by atoms with Crippen LogP contribution in [0.3, 0.4) is 0 Å². The largest absolute Gasteiger partial charge is 0.208 e. The van der Waals surface area contributed by atoms with Gasteiger partial charge in [-0.1, -0.05) is 206 Å². The molecule has 0 unspecified atom stereocenters. The zero-order chi connectivity index (χ0) is 36.9. The Morgan fingerprint density at radius 1 is 0.218 bits per heavy atom. The van der Waals surface area contributed by atoms with Crippen molar-refractivity contribution in [1.29, 1.82) is 0 Å². The van der Waals surface area contributed by atoms with Crippen molar-refractivity contribution in [3.8, 4) is 56.4 Å². The van der Waals surface area contributed by atoms with Crippen LogP contribution in [0, 0.1) is 0 Å². The monoisotopic (exact) mass is 719 g/mol. The second kappa shape index (κ2) is 15.2. The first-order valence-corrected chi connectivity index (χ1v) is 20.6. The van der Waals surface area contributed by atoms with Crippen LogP contribution >= 0.6 is 0 Å². The van der Waals surface area contributed by atoms with Gasteiger partial charge in [-0.2, -0.15) is 0 Å². The lowest BCUT2D eigenvalue weighted by Gasteiger charge is -2.34. The van der Waals surface area contributed by atoms with Crippen LogP contribution in [0.25, 0.3) is 56.4 Å². The number of nitrogens with zero attached hydrogens (tertiary/aromatic N) is 3. The van der Waals surface area contributed by atoms with Gasteiger partial charge in [0, 0.05) is 16.7 Å². The minimum atomic E-state index is -2.74. The second-order valence-corrected chi connectivity index (χ2v) is 17.4. The van der Waals surface area contributed by atoms with E-state index >= 15 is 0 Å². The highest BCUT2D eigenvalue weighted by Crippen LogP contribution is 2.33. The highest BCUT2D eigenvalue weighted by molar-refractivity contribution is 7.19. The van der Waals surface area contributed by atoms with Crippen LogP contribution in [0.1, 0.15) is 0 Å². The molecule has 260 valence electrons. The predicted octanol–water partition coefficient (Wildman–Crippen LogP) is 9.58. The molecule has 0 fully saturated rings. The van der Waals surface area contributed by atoms with Gasteiger partial charge in [0.15, 0.2) is 25.5 Å². The van der Waals surface area contributed by atoms with Crippen LogP contribution in [0.2, 0.25) is 0 Å². The van der Waals surface area contributed by atoms with E-state index in [0.29, 0.717) is 17.5 Å². The number of aromatic nitrogens is 3. The van der Waals surface area contributed by atoms with Crippen molar-refractivity contribution in [3.63, 3.8) is 0 Å². The molecule has 0 saturated carbocycles. The van der Waals surface area contributed by atoms with Gasteiger partial charge in [-0.3, -0.25) is 0 Å². The molecular formula is C51H37N3Si. The van der Waals surface area contributed by atoms with E-state index in [9.17, 15) is 0 Å². The third-order valence-corrected chi connectivity index (χ3v) is 15.0. The number of hydrogen-bond acceptors (Lipinski definition) is 3. The normalized spacial score (nSPS) is 11.3. The zero-order valence-electron chi connectivity index (χ0n) is 30.2. The Labute approximate surface area is 323 Å². The fourth-order valence-corrected chi connectivity index (χ4v) is 12.5. The quantitative estimate of drug-likeness (QED) is 0.110. The molecule has 9 rings (SSSR count). The van der Waals surface area contributed by atoms with Crippen LogP contribution < -0.4 is 20.7 Å². The average Bonchev–Trinajstić information content (AvgIpc) is 3.28. The Bertz CT molecular complexity index is 2520. The fourth-order valence-electron chi connectivity index (χ4n) is 7.65. The van der Waals surface area contributed by atoms with Crippen LogP contribution in [0.15, 0.2) is 224 Å². The summed E-state index contributed by atoms with van der Waals surface area (Å²) in [5, 5.41) is 5.35. The van der Waals surface area contributed by atoms with E-state index in [1.807, 2.05) is 60.7 Å². The molecule has 8 aromatic carbocycles. The van der Waals surface area contributed by atoms with Gasteiger partial charge in [0.05, 0.1) is 0 Å². The smallest absolute Gasteiger partial charge is 0.179 e. The summed E-state index contributed by atoms with van der Waals surface area (Å²) in [6.45, 7) is 0. The van der Waals surface area contributed by atoms with E-state index < -0.39 is 8.07 Å². The molecule has 0 N–H and O–H groups in total. The van der Waals surface area contributed by atoms with Gasteiger partial charge in [0.1, 0.15) is 0 Å². The maximum Gasteiger partial charge on any atom is 0.179 e. The molecule has 0 spiro atoms. The molecule has 1 heterocycles. The Balaban J connectivity index is 1.28. The highest BCUT2D eigenvalue weighted by atomic mass is 28.3. The summed E-state index contributed by atoms with van der Waals surface area (Å²) in [6, 6.07) is 80.0. The maximum atomic E-state index is 5.13. The van der Waals surface area contributed by atoms with E-state index in [0.717, 1.165) is 38.9 Å². The lowest BCUT2D eigenvalue weighted by Crippen LogP contribution is -2.74. The lowest BCUT2D eigenvalue weighted by molar-refractivity contribution is 1.07. The molecule has 0 bridgehead atoms. The van der Waals surface area contributed by atoms with Crippen molar-refractivity contribution >= 4 is 28.8 Å². The van der Waals surface area contributed by atoms with E-state index in [4.69, 9.17) is 15.0 Å². The second-order valence-electron chi connectivity index (χ2n) is 13.6. The molecule has 0 saturated heterocycles. The minimum absolute atomic E-state index is 0.629. The van der Waals surface area contributed by atoms with Gasteiger partial charge < -0.3 is 0 Å². The van der Waals surface area contributed by atoms with Gasteiger partial charge in [0.25, 0.3) is 0 Å². The average molecular weight is 720 g/mol. The Morgan fingerprint density at radius 3 is 0.964 bits per heavy atom. The van der Waals surface area contributed by atoms with Gasteiger partial charge in [-0.25, -0.2) is 15.0 Å². The SMILES string of the molecule is c1ccc(-c2cc(-c3cccc([Si](c4ccccc4)(c4ccccc4)c4ccccc4)c3)cc(-c3nc(-c4ccccc4)nc(-c4ccccc4)n3)c2)cc1. The van der Waals surface area contributed by atoms with E-state index in [1.54, 1.807) is 0 Å². The molecule has 0 aliphatic rings. The van der Waals surface area contributed by atoms with Crippen molar-refractivity contribution in [2.24, 2.45) is 0 Å². The molecule has 55 heavy (non-hydrogen) atoms. The number of rotatable bonds is 9. The molecule has 0 atom stereocenters. The van der Waals surface area contributed by atoms with Crippen LogP contribution in [0.4, 0.5) is 0 Å². The lowest BCUT2D eigenvalue weighted by atomic mass is 9.96. The molecule has 0 aliphatic heterocycles. The first kappa shape index (κ1) is 33.8. The van der Waals surface area contributed by atoms with Gasteiger partial charge >= 0.3 is 0 Å².